The summed E-state index contributed by atoms with van der Waals surface area (Å²) in [4.78, 5) is 8.10. The molecule has 2 heterocycles. The number of hydrogen-bond acceptors (Lipinski definition) is 4. The van der Waals surface area contributed by atoms with Crippen molar-refractivity contribution in [1.82, 2.24) is 9.97 Å². The number of pyridine rings is 2. The van der Waals surface area contributed by atoms with Gasteiger partial charge in [0.05, 0.1) is 0 Å². The Labute approximate surface area is 153 Å². The van der Waals surface area contributed by atoms with Crippen LogP contribution in [0.15, 0.2) is 97.6 Å². The average Bonchev–Trinajstić information content (AvgIpc) is 2.70. The second-order valence-electron chi connectivity index (χ2n) is 5.73. The highest BCUT2D eigenvalue weighted by Gasteiger charge is 1.96. The number of hydrogen-bond donors (Lipinski definition) is 2. The van der Waals surface area contributed by atoms with E-state index in [-0.39, 0.29) is 0 Å². The van der Waals surface area contributed by atoms with Gasteiger partial charge in [-0.3, -0.25) is 9.97 Å². The first-order valence-electron chi connectivity index (χ1n) is 8.24. The van der Waals surface area contributed by atoms with Gasteiger partial charge in [0.2, 0.25) is 0 Å². The maximum atomic E-state index is 5.68. The second-order valence-corrected chi connectivity index (χ2v) is 5.73. The van der Waals surface area contributed by atoms with Gasteiger partial charge < -0.3 is 11.5 Å². The monoisotopic (exact) mass is 340 g/mol. The van der Waals surface area contributed by atoms with E-state index in [4.69, 9.17) is 11.5 Å². The van der Waals surface area contributed by atoms with Crippen LogP contribution in [0.25, 0.3) is 22.3 Å². The van der Waals surface area contributed by atoms with Crippen LogP contribution < -0.4 is 11.5 Å². The van der Waals surface area contributed by atoms with E-state index < -0.39 is 0 Å². The number of nitrogen functional groups attached to an aromatic ring is 2. The van der Waals surface area contributed by atoms with E-state index in [1.165, 1.54) is 0 Å². The Morgan fingerprint density at radius 3 is 1.62 bits per heavy atom. The van der Waals surface area contributed by atoms with Crippen molar-refractivity contribution in [2.45, 2.75) is 0 Å². The fourth-order valence-electron chi connectivity index (χ4n) is 2.46. The standard InChI is InChI=1S/2C11H10N2/c12-11-5-1-3-9(7-11)10-4-2-6-13-8-10;12-11-5-3-9(4-6-11)10-2-1-7-13-8-10/h2*1-8H,12H2. The molecule has 0 fully saturated rings. The van der Waals surface area contributed by atoms with Crippen LogP contribution in [0.1, 0.15) is 0 Å². The molecule has 0 saturated heterocycles. The van der Waals surface area contributed by atoms with Gasteiger partial charge in [0.1, 0.15) is 0 Å². The van der Waals surface area contributed by atoms with Crippen LogP contribution in [0.4, 0.5) is 11.4 Å². The maximum absolute atomic E-state index is 5.68. The quantitative estimate of drug-likeness (QED) is 0.520. The van der Waals surface area contributed by atoms with Gasteiger partial charge in [0.25, 0.3) is 0 Å². The van der Waals surface area contributed by atoms with E-state index in [0.717, 1.165) is 33.6 Å². The van der Waals surface area contributed by atoms with Gasteiger partial charge in [-0.1, -0.05) is 36.4 Å². The Morgan fingerprint density at radius 1 is 0.500 bits per heavy atom. The van der Waals surface area contributed by atoms with Gasteiger partial charge in [-0.2, -0.15) is 0 Å². The average molecular weight is 340 g/mol. The topological polar surface area (TPSA) is 77.8 Å². The number of aromatic nitrogens is 2. The molecule has 0 bridgehead atoms. The molecule has 2 aromatic heterocycles. The van der Waals surface area contributed by atoms with E-state index in [0.29, 0.717) is 0 Å². The predicted octanol–water partition coefficient (Wildman–Crippen LogP) is 4.66. The molecular weight excluding hydrogens is 320 g/mol. The molecule has 4 N–H and O–H groups in total. The highest BCUT2D eigenvalue weighted by atomic mass is 14.6. The summed E-state index contributed by atoms with van der Waals surface area (Å²) in [6.07, 6.45) is 7.19. The zero-order valence-corrected chi connectivity index (χ0v) is 14.3. The Hall–Kier alpha value is -3.66. The number of rotatable bonds is 2. The molecule has 26 heavy (non-hydrogen) atoms. The van der Waals surface area contributed by atoms with E-state index in [1.807, 2.05) is 85.2 Å². The van der Waals surface area contributed by atoms with Gasteiger partial charge >= 0.3 is 0 Å². The van der Waals surface area contributed by atoms with Gasteiger partial charge in [0.15, 0.2) is 0 Å². The minimum Gasteiger partial charge on any atom is -0.399 e. The molecule has 0 spiro atoms. The number of nitrogens with two attached hydrogens (primary N) is 2. The summed E-state index contributed by atoms with van der Waals surface area (Å²) in [5, 5.41) is 0. The van der Waals surface area contributed by atoms with Gasteiger partial charge in [-0.05, 0) is 53.1 Å². The molecule has 0 aliphatic heterocycles. The van der Waals surface area contributed by atoms with Crippen LogP contribution >= 0.6 is 0 Å². The van der Waals surface area contributed by atoms with E-state index >= 15 is 0 Å². The van der Waals surface area contributed by atoms with Crippen molar-refractivity contribution in [3.8, 4) is 22.3 Å². The summed E-state index contributed by atoms with van der Waals surface area (Å²) in [7, 11) is 0. The van der Waals surface area contributed by atoms with Crippen LogP contribution in [-0.2, 0) is 0 Å². The second kappa shape index (κ2) is 8.44. The van der Waals surface area contributed by atoms with Crippen molar-refractivity contribution < 1.29 is 0 Å². The van der Waals surface area contributed by atoms with Crippen molar-refractivity contribution in [3.63, 3.8) is 0 Å². The summed E-state index contributed by atoms with van der Waals surface area (Å²) in [6, 6.07) is 23.4. The van der Waals surface area contributed by atoms with Gasteiger partial charge in [-0.15, -0.1) is 0 Å². The molecule has 2 aromatic carbocycles. The first-order chi connectivity index (χ1) is 12.7. The fourth-order valence-corrected chi connectivity index (χ4v) is 2.46. The van der Waals surface area contributed by atoms with Crippen molar-refractivity contribution in [2.75, 3.05) is 11.5 Å². The molecule has 0 unspecified atom stereocenters. The minimum atomic E-state index is 0.779. The van der Waals surface area contributed by atoms with Crippen molar-refractivity contribution in [3.05, 3.63) is 97.6 Å². The van der Waals surface area contributed by atoms with Crippen molar-refractivity contribution in [1.29, 1.82) is 0 Å². The van der Waals surface area contributed by atoms with Crippen molar-refractivity contribution in [2.24, 2.45) is 0 Å². The molecule has 4 heteroatoms. The predicted molar refractivity (Wildman–Crippen MR) is 108 cm³/mol. The number of nitrogens with zero attached hydrogens (tertiary/aromatic N) is 2. The van der Waals surface area contributed by atoms with E-state index in [1.54, 1.807) is 12.4 Å². The molecule has 4 rings (SSSR count). The van der Waals surface area contributed by atoms with E-state index in [2.05, 4.69) is 9.97 Å². The highest BCUT2D eigenvalue weighted by Crippen LogP contribution is 2.20. The first kappa shape index (κ1) is 17.2. The molecular formula is C22H20N4. The molecule has 0 aliphatic carbocycles. The minimum absolute atomic E-state index is 0.779. The lowest BCUT2D eigenvalue weighted by molar-refractivity contribution is 1.33. The lowest BCUT2D eigenvalue weighted by Gasteiger charge is -2.00. The summed E-state index contributed by atoms with van der Waals surface area (Å²) in [5.74, 6) is 0. The molecule has 0 saturated carbocycles. The van der Waals surface area contributed by atoms with Crippen LogP contribution in [0.5, 0.6) is 0 Å². The van der Waals surface area contributed by atoms with Crippen LogP contribution in [0.3, 0.4) is 0 Å². The summed E-state index contributed by atoms with van der Waals surface area (Å²) in [5.41, 5.74) is 17.3. The molecule has 4 nitrogen and oxygen atoms in total. The summed E-state index contributed by atoms with van der Waals surface area (Å²) >= 11 is 0. The normalized spacial score (nSPS) is 9.85. The maximum Gasteiger partial charge on any atom is 0.0346 e. The van der Waals surface area contributed by atoms with Crippen molar-refractivity contribution >= 4 is 11.4 Å². The molecule has 0 radical (unpaired) electrons. The number of anilines is 2. The Bertz CT molecular complexity index is 936. The summed E-state index contributed by atoms with van der Waals surface area (Å²) < 4.78 is 0. The Kier molecular flexibility index (Phi) is 5.58. The summed E-state index contributed by atoms with van der Waals surface area (Å²) in [6.45, 7) is 0. The lowest BCUT2D eigenvalue weighted by Crippen LogP contribution is -1.85. The van der Waals surface area contributed by atoms with Crippen LogP contribution in [0.2, 0.25) is 0 Å². The zero-order valence-electron chi connectivity index (χ0n) is 14.3. The molecule has 128 valence electrons. The Balaban J connectivity index is 0.000000151. The van der Waals surface area contributed by atoms with Crippen LogP contribution in [0, 0.1) is 0 Å². The fraction of sp³-hybridized carbons (Fsp3) is 0. The highest BCUT2D eigenvalue weighted by molar-refractivity contribution is 5.66. The Morgan fingerprint density at radius 2 is 1.08 bits per heavy atom. The zero-order chi connectivity index (χ0) is 18.2. The molecule has 0 amide bonds. The third-order valence-corrected chi connectivity index (χ3v) is 3.79. The van der Waals surface area contributed by atoms with E-state index in [9.17, 15) is 0 Å². The van der Waals surface area contributed by atoms with Gasteiger partial charge in [-0.25, -0.2) is 0 Å². The molecule has 0 aliphatic rings. The third-order valence-electron chi connectivity index (χ3n) is 3.79. The smallest absolute Gasteiger partial charge is 0.0346 e. The largest absolute Gasteiger partial charge is 0.399 e. The van der Waals surface area contributed by atoms with Crippen LogP contribution in [-0.4, -0.2) is 9.97 Å². The first-order valence-corrected chi connectivity index (χ1v) is 8.24. The molecule has 0 atom stereocenters. The SMILES string of the molecule is Nc1ccc(-c2cccnc2)cc1.Nc1cccc(-c2cccnc2)c1. The lowest BCUT2D eigenvalue weighted by atomic mass is 10.1. The van der Waals surface area contributed by atoms with Gasteiger partial charge in [0, 0.05) is 41.7 Å². The third kappa shape index (κ3) is 4.68. The number of benzene rings is 2. The molecule has 4 aromatic rings.